The molecule has 3 nitrogen and oxygen atoms in total. The van der Waals surface area contributed by atoms with Crippen LogP contribution in [0.4, 0.5) is 0 Å². The maximum Gasteiger partial charge on any atom is 0.158 e. The predicted octanol–water partition coefficient (Wildman–Crippen LogP) is 5.66. The number of halogens is 1. The topological polar surface area (TPSA) is 38.0 Å². The Kier molecular flexibility index (Phi) is 4.76. The molecule has 1 heterocycles. The lowest BCUT2D eigenvalue weighted by Gasteiger charge is -2.57. The molecule has 1 N–H and O–H groups in total. The summed E-state index contributed by atoms with van der Waals surface area (Å²) in [6.45, 7) is 14.4. The maximum atomic E-state index is 11.7. The fourth-order valence-corrected chi connectivity index (χ4v) is 5.13. The van der Waals surface area contributed by atoms with Crippen LogP contribution in [0.2, 0.25) is 5.15 Å². The Morgan fingerprint density at radius 1 is 1.40 bits per heavy atom. The van der Waals surface area contributed by atoms with Gasteiger partial charge in [-0.1, -0.05) is 56.3 Å². The second-order valence-corrected chi connectivity index (χ2v) is 8.36. The zero-order valence-electron chi connectivity index (χ0n) is 15.6. The number of hydrogen-bond donors (Lipinski definition) is 1. The third-order valence-electron chi connectivity index (χ3n) is 6.76. The summed E-state index contributed by atoms with van der Waals surface area (Å²) in [5.41, 5.74) is 2.21. The maximum absolute atomic E-state index is 11.7. The van der Waals surface area contributed by atoms with Crippen molar-refractivity contribution in [1.82, 2.24) is 9.78 Å². The van der Waals surface area contributed by atoms with Crippen LogP contribution in [0.15, 0.2) is 24.8 Å². The minimum atomic E-state index is -0.745. The lowest BCUT2D eigenvalue weighted by atomic mass is 9.52. The van der Waals surface area contributed by atoms with Gasteiger partial charge in [-0.2, -0.15) is 5.10 Å². The van der Waals surface area contributed by atoms with E-state index in [0.29, 0.717) is 11.6 Å². The van der Waals surface area contributed by atoms with E-state index >= 15 is 0 Å². The molecule has 0 saturated heterocycles. The van der Waals surface area contributed by atoms with Crippen LogP contribution in [0.3, 0.4) is 0 Å². The van der Waals surface area contributed by atoms with E-state index in [4.69, 9.17) is 11.6 Å². The van der Waals surface area contributed by atoms with Gasteiger partial charge < -0.3 is 5.11 Å². The first-order valence-electron chi connectivity index (χ1n) is 9.20. The van der Waals surface area contributed by atoms with Crippen LogP contribution < -0.4 is 0 Å². The smallest absolute Gasteiger partial charge is 0.158 e. The van der Waals surface area contributed by atoms with Crippen LogP contribution in [0.5, 0.6) is 0 Å². The van der Waals surface area contributed by atoms with Gasteiger partial charge in [0.15, 0.2) is 5.15 Å². The Bertz CT molecular complexity index is 734. The van der Waals surface area contributed by atoms with Crippen molar-refractivity contribution in [3.63, 3.8) is 0 Å². The van der Waals surface area contributed by atoms with Crippen LogP contribution in [0, 0.1) is 11.3 Å². The van der Waals surface area contributed by atoms with Gasteiger partial charge in [-0.3, -0.25) is 4.68 Å². The molecule has 0 aromatic carbocycles. The predicted molar refractivity (Wildman–Crippen MR) is 106 cm³/mol. The Labute approximate surface area is 156 Å². The van der Waals surface area contributed by atoms with Crippen LogP contribution in [-0.4, -0.2) is 20.5 Å². The Balaban J connectivity index is 2.02. The highest BCUT2D eigenvalue weighted by Crippen LogP contribution is 2.58. The molecular weight excluding hydrogens is 332 g/mol. The Morgan fingerprint density at radius 2 is 2.12 bits per heavy atom. The van der Waals surface area contributed by atoms with Crippen molar-refractivity contribution in [1.29, 1.82) is 0 Å². The molecule has 4 atom stereocenters. The summed E-state index contributed by atoms with van der Waals surface area (Å²) in [4.78, 5) is 0. The SMILES string of the molecule is C=Cc1c(Cl)nn(C2CC[C@]3(C)CCC(=C)C(C)[C@]3(O)C2)c1/C=C\C. The number of hydrogen-bond acceptors (Lipinski definition) is 2. The molecular formula is C21H29ClN2O. The molecule has 25 heavy (non-hydrogen) atoms. The van der Waals surface area contributed by atoms with Crippen LogP contribution in [-0.2, 0) is 0 Å². The summed E-state index contributed by atoms with van der Waals surface area (Å²) in [6, 6.07) is 0.129. The number of aliphatic hydroxyl groups is 1. The van der Waals surface area contributed by atoms with Gasteiger partial charge in [-0.25, -0.2) is 0 Å². The summed E-state index contributed by atoms with van der Waals surface area (Å²) in [5.74, 6) is 0.101. The molecule has 2 unspecified atom stereocenters. The van der Waals surface area contributed by atoms with Gasteiger partial charge in [-0.15, -0.1) is 0 Å². The second-order valence-electron chi connectivity index (χ2n) is 8.00. The molecule has 1 aromatic rings. The molecule has 3 rings (SSSR count). The van der Waals surface area contributed by atoms with Gasteiger partial charge in [0, 0.05) is 11.5 Å². The van der Waals surface area contributed by atoms with E-state index < -0.39 is 5.60 Å². The number of fused-ring (bicyclic) bond motifs is 1. The summed E-state index contributed by atoms with van der Waals surface area (Å²) in [7, 11) is 0. The number of rotatable bonds is 3. The average Bonchev–Trinajstić information content (AvgIpc) is 2.89. The van der Waals surface area contributed by atoms with E-state index in [1.165, 1.54) is 5.57 Å². The van der Waals surface area contributed by atoms with Crippen molar-refractivity contribution >= 4 is 23.8 Å². The summed E-state index contributed by atoms with van der Waals surface area (Å²) in [5, 5.41) is 16.8. The summed E-state index contributed by atoms with van der Waals surface area (Å²) < 4.78 is 2.00. The average molecular weight is 361 g/mol. The van der Waals surface area contributed by atoms with Gasteiger partial charge in [0.05, 0.1) is 17.3 Å². The third kappa shape index (κ3) is 2.72. The second kappa shape index (κ2) is 6.44. The van der Waals surface area contributed by atoms with E-state index in [1.54, 1.807) is 6.08 Å². The van der Waals surface area contributed by atoms with Crippen molar-refractivity contribution < 1.29 is 5.11 Å². The molecule has 4 heteroatoms. The summed E-state index contributed by atoms with van der Waals surface area (Å²) >= 11 is 6.34. The number of allylic oxidation sites excluding steroid dienone is 1. The van der Waals surface area contributed by atoms with Crippen molar-refractivity contribution in [2.75, 3.05) is 0 Å². The van der Waals surface area contributed by atoms with E-state index in [0.717, 1.165) is 36.9 Å². The normalized spacial score (nSPS) is 35.8. The molecule has 0 amide bonds. The van der Waals surface area contributed by atoms with E-state index in [9.17, 15) is 5.11 Å². The lowest BCUT2D eigenvalue weighted by molar-refractivity contribution is -0.160. The largest absolute Gasteiger partial charge is 0.389 e. The first-order chi connectivity index (χ1) is 11.8. The standard InChI is InChI=1S/C21H29ClN2O/c1-6-8-18-17(7-2)19(22)23-24(18)16-10-12-20(5)11-9-14(3)15(4)21(20,25)13-16/h6-8,15-16,25H,2-3,9-13H2,1,4-5H3/b8-6-/t15?,16?,20-,21+/m0/s1. The zero-order chi connectivity index (χ0) is 18.4. The highest BCUT2D eigenvalue weighted by molar-refractivity contribution is 6.31. The number of aromatic nitrogens is 2. The minimum absolute atomic E-state index is 0.0525. The highest BCUT2D eigenvalue weighted by atomic mass is 35.5. The van der Waals surface area contributed by atoms with Crippen molar-refractivity contribution in [2.24, 2.45) is 11.3 Å². The van der Waals surface area contributed by atoms with Crippen molar-refractivity contribution in [3.05, 3.63) is 41.2 Å². The first kappa shape index (κ1) is 18.5. The van der Waals surface area contributed by atoms with Crippen molar-refractivity contribution in [3.8, 4) is 0 Å². The molecule has 2 saturated carbocycles. The molecule has 2 aliphatic carbocycles. The van der Waals surface area contributed by atoms with Gasteiger partial charge in [0.1, 0.15) is 0 Å². The van der Waals surface area contributed by atoms with Crippen LogP contribution in [0.1, 0.15) is 70.2 Å². The van der Waals surface area contributed by atoms with Gasteiger partial charge in [0.2, 0.25) is 0 Å². The molecule has 0 aliphatic heterocycles. The molecule has 0 spiro atoms. The lowest BCUT2D eigenvalue weighted by Crippen LogP contribution is -2.58. The fourth-order valence-electron chi connectivity index (χ4n) is 4.87. The van der Waals surface area contributed by atoms with Gasteiger partial charge >= 0.3 is 0 Å². The van der Waals surface area contributed by atoms with Crippen LogP contribution in [0.25, 0.3) is 12.2 Å². The third-order valence-corrected chi connectivity index (χ3v) is 7.04. The van der Waals surface area contributed by atoms with Gasteiger partial charge in [0.25, 0.3) is 0 Å². The summed E-state index contributed by atoms with van der Waals surface area (Å²) in [6.07, 6.45) is 10.5. The minimum Gasteiger partial charge on any atom is -0.389 e. The van der Waals surface area contributed by atoms with Crippen molar-refractivity contribution in [2.45, 2.75) is 64.5 Å². The zero-order valence-corrected chi connectivity index (χ0v) is 16.3. The Morgan fingerprint density at radius 3 is 2.76 bits per heavy atom. The van der Waals surface area contributed by atoms with E-state index in [1.807, 2.05) is 23.8 Å². The molecule has 2 aliphatic rings. The monoisotopic (exact) mass is 360 g/mol. The highest BCUT2D eigenvalue weighted by Gasteiger charge is 2.56. The van der Waals surface area contributed by atoms with E-state index in [2.05, 4.69) is 32.1 Å². The Hall–Kier alpha value is -1.32. The molecule has 1 aromatic heterocycles. The molecule has 136 valence electrons. The fraction of sp³-hybridized carbons (Fsp3) is 0.571. The first-order valence-corrected chi connectivity index (χ1v) is 9.58. The van der Waals surface area contributed by atoms with Gasteiger partial charge in [-0.05, 0) is 50.5 Å². The molecule has 2 fully saturated rings. The van der Waals surface area contributed by atoms with E-state index in [-0.39, 0.29) is 17.4 Å². The van der Waals surface area contributed by atoms with Crippen LogP contribution >= 0.6 is 11.6 Å². The quantitative estimate of drug-likeness (QED) is 0.706. The molecule has 0 radical (unpaired) electrons. The molecule has 0 bridgehead atoms. The number of nitrogens with zero attached hydrogens (tertiary/aromatic N) is 2.